The van der Waals surface area contributed by atoms with Crippen molar-refractivity contribution in [1.82, 2.24) is 5.32 Å². The molecule has 1 atom stereocenters. The first-order valence-corrected chi connectivity index (χ1v) is 6.97. The number of hydrogen-bond acceptors (Lipinski definition) is 1. The Morgan fingerprint density at radius 3 is 2.44 bits per heavy atom. The standard InChI is InChI=1S/C16H21NO/c1-3-12(2)17-14(18)16-9-15(10-16,11-16)13-7-5-4-6-8-13/h4-8,12H,3,9-11H2,1-2H3,(H,17,18)/t12-,15?,16?/m1/s1. The van der Waals surface area contributed by atoms with Crippen molar-refractivity contribution in [3.8, 4) is 0 Å². The van der Waals surface area contributed by atoms with Gasteiger partial charge in [-0.05, 0) is 43.6 Å². The van der Waals surface area contributed by atoms with Gasteiger partial charge in [0.2, 0.25) is 5.91 Å². The molecule has 2 bridgehead atoms. The lowest BCUT2D eigenvalue weighted by atomic mass is 9.33. The van der Waals surface area contributed by atoms with E-state index in [1.807, 2.05) is 0 Å². The maximum absolute atomic E-state index is 12.2. The lowest BCUT2D eigenvalue weighted by Crippen LogP contribution is -2.70. The van der Waals surface area contributed by atoms with Crippen molar-refractivity contribution in [3.05, 3.63) is 35.9 Å². The van der Waals surface area contributed by atoms with Gasteiger partial charge < -0.3 is 5.32 Å². The van der Waals surface area contributed by atoms with Crippen molar-refractivity contribution >= 4 is 5.91 Å². The van der Waals surface area contributed by atoms with E-state index in [1.54, 1.807) is 0 Å². The molecule has 4 rings (SSSR count). The highest BCUT2D eigenvalue weighted by atomic mass is 16.2. The van der Waals surface area contributed by atoms with Crippen LogP contribution < -0.4 is 5.32 Å². The molecule has 3 fully saturated rings. The minimum Gasteiger partial charge on any atom is -0.353 e. The largest absolute Gasteiger partial charge is 0.353 e. The van der Waals surface area contributed by atoms with Crippen molar-refractivity contribution in [2.75, 3.05) is 0 Å². The topological polar surface area (TPSA) is 29.1 Å². The zero-order valence-corrected chi connectivity index (χ0v) is 11.2. The number of carbonyl (C=O) groups excluding carboxylic acids is 1. The lowest BCUT2D eigenvalue weighted by Gasteiger charge is -2.69. The van der Waals surface area contributed by atoms with Gasteiger partial charge in [0.15, 0.2) is 0 Å². The Hall–Kier alpha value is -1.31. The maximum atomic E-state index is 12.2. The fourth-order valence-electron chi connectivity index (χ4n) is 3.61. The number of nitrogens with one attached hydrogen (secondary N) is 1. The molecule has 96 valence electrons. The summed E-state index contributed by atoms with van der Waals surface area (Å²) in [5.41, 5.74) is 1.72. The Bertz CT molecular complexity index is 445. The Kier molecular flexibility index (Phi) is 2.51. The molecule has 0 aromatic heterocycles. The molecule has 0 unspecified atom stereocenters. The average Bonchev–Trinajstić information content (AvgIpc) is 2.26. The number of amides is 1. The molecule has 3 aliphatic carbocycles. The van der Waals surface area contributed by atoms with E-state index in [1.165, 1.54) is 5.56 Å². The fourth-order valence-corrected chi connectivity index (χ4v) is 3.61. The number of benzene rings is 1. The first-order chi connectivity index (χ1) is 8.60. The minimum atomic E-state index is -0.0285. The average molecular weight is 243 g/mol. The summed E-state index contributed by atoms with van der Waals surface area (Å²) < 4.78 is 0. The van der Waals surface area contributed by atoms with Gasteiger partial charge in [-0.3, -0.25) is 4.79 Å². The van der Waals surface area contributed by atoms with Crippen molar-refractivity contribution in [3.63, 3.8) is 0 Å². The molecule has 2 nitrogen and oxygen atoms in total. The predicted octanol–water partition coefficient (Wildman–Crippen LogP) is 3.02. The lowest BCUT2D eigenvalue weighted by molar-refractivity contribution is -0.176. The zero-order chi connectivity index (χ0) is 12.8. The van der Waals surface area contributed by atoms with Crippen LogP contribution in [0.3, 0.4) is 0 Å². The number of hydrogen-bond donors (Lipinski definition) is 1. The second-order valence-corrected chi connectivity index (χ2v) is 6.24. The van der Waals surface area contributed by atoms with Gasteiger partial charge >= 0.3 is 0 Å². The van der Waals surface area contributed by atoms with Gasteiger partial charge in [0.05, 0.1) is 5.41 Å². The van der Waals surface area contributed by atoms with E-state index in [0.717, 1.165) is 25.7 Å². The molecular weight excluding hydrogens is 222 g/mol. The summed E-state index contributed by atoms with van der Waals surface area (Å²) in [6.45, 7) is 4.19. The Morgan fingerprint density at radius 2 is 1.89 bits per heavy atom. The van der Waals surface area contributed by atoms with Crippen LogP contribution in [0.25, 0.3) is 0 Å². The first-order valence-electron chi connectivity index (χ1n) is 6.97. The van der Waals surface area contributed by atoms with Crippen LogP contribution in [0.5, 0.6) is 0 Å². The summed E-state index contributed by atoms with van der Waals surface area (Å²) in [5, 5.41) is 3.14. The van der Waals surface area contributed by atoms with Crippen LogP contribution in [0.15, 0.2) is 30.3 Å². The smallest absolute Gasteiger partial charge is 0.226 e. The van der Waals surface area contributed by atoms with E-state index in [-0.39, 0.29) is 11.3 Å². The zero-order valence-electron chi connectivity index (χ0n) is 11.2. The van der Waals surface area contributed by atoms with E-state index in [0.29, 0.717) is 11.5 Å². The van der Waals surface area contributed by atoms with Crippen LogP contribution >= 0.6 is 0 Å². The second-order valence-electron chi connectivity index (χ2n) is 6.24. The maximum Gasteiger partial charge on any atom is 0.226 e. The Labute approximate surface area is 109 Å². The molecule has 2 heteroatoms. The van der Waals surface area contributed by atoms with Gasteiger partial charge in [-0.2, -0.15) is 0 Å². The van der Waals surface area contributed by atoms with E-state index in [9.17, 15) is 4.79 Å². The van der Waals surface area contributed by atoms with E-state index in [2.05, 4.69) is 49.5 Å². The van der Waals surface area contributed by atoms with Gasteiger partial charge in [-0.1, -0.05) is 37.3 Å². The molecule has 0 heterocycles. The highest BCUT2D eigenvalue weighted by Crippen LogP contribution is 2.73. The van der Waals surface area contributed by atoms with Crippen molar-refractivity contribution in [1.29, 1.82) is 0 Å². The van der Waals surface area contributed by atoms with Crippen molar-refractivity contribution < 1.29 is 4.79 Å². The van der Waals surface area contributed by atoms with Crippen LogP contribution in [0.4, 0.5) is 0 Å². The van der Waals surface area contributed by atoms with Gasteiger partial charge in [-0.25, -0.2) is 0 Å². The summed E-state index contributed by atoms with van der Waals surface area (Å²) >= 11 is 0. The third kappa shape index (κ3) is 1.51. The molecule has 1 amide bonds. The molecule has 3 aliphatic rings. The summed E-state index contributed by atoms with van der Waals surface area (Å²) in [6, 6.07) is 11.0. The quantitative estimate of drug-likeness (QED) is 0.865. The molecule has 0 saturated heterocycles. The third-order valence-corrected chi connectivity index (χ3v) is 4.89. The molecule has 1 aromatic rings. The minimum absolute atomic E-state index is 0.0285. The van der Waals surface area contributed by atoms with Crippen LogP contribution in [0, 0.1) is 5.41 Å². The van der Waals surface area contributed by atoms with Gasteiger partial charge in [0.1, 0.15) is 0 Å². The molecule has 1 aromatic carbocycles. The number of carbonyl (C=O) groups is 1. The van der Waals surface area contributed by atoms with Gasteiger partial charge in [0.25, 0.3) is 0 Å². The molecule has 3 saturated carbocycles. The van der Waals surface area contributed by atoms with Crippen LogP contribution in [0.1, 0.15) is 45.1 Å². The first kappa shape index (κ1) is 11.8. The van der Waals surface area contributed by atoms with Crippen LogP contribution in [-0.2, 0) is 10.2 Å². The molecule has 18 heavy (non-hydrogen) atoms. The Morgan fingerprint density at radius 1 is 1.28 bits per heavy atom. The van der Waals surface area contributed by atoms with Crippen LogP contribution in [-0.4, -0.2) is 11.9 Å². The number of rotatable bonds is 4. The highest BCUT2D eigenvalue weighted by molar-refractivity contribution is 5.87. The predicted molar refractivity (Wildman–Crippen MR) is 72.3 cm³/mol. The summed E-state index contributed by atoms with van der Waals surface area (Å²) in [6.07, 6.45) is 4.15. The molecule has 0 spiro atoms. The van der Waals surface area contributed by atoms with Crippen LogP contribution in [0.2, 0.25) is 0 Å². The Balaban J connectivity index is 1.64. The van der Waals surface area contributed by atoms with Crippen molar-refractivity contribution in [2.24, 2.45) is 5.41 Å². The second kappa shape index (κ2) is 3.84. The van der Waals surface area contributed by atoms with Crippen molar-refractivity contribution in [2.45, 2.75) is 51.0 Å². The molecule has 0 radical (unpaired) electrons. The van der Waals surface area contributed by atoms with E-state index >= 15 is 0 Å². The molecule has 0 aliphatic heterocycles. The normalized spacial score (nSPS) is 34.1. The third-order valence-electron chi connectivity index (χ3n) is 4.89. The molecule has 1 N–H and O–H groups in total. The SMILES string of the molecule is CC[C@@H](C)NC(=O)C12CC(c3ccccc3)(C1)C2. The van der Waals surface area contributed by atoms with E-state index < -0.39 is 0 Å². The molecular formula is C16H21NO. The van der Waals surface area contributed by atoms with Gasteiger partial charge in [-0.15, -0.1) is 0 Å². The monoisotopic (exact) mass is 243 g/mol. The summed E-state index contributed by atoms with van der Waals surface area (Å²) in [4.78, 5) is 12.2. The summed E-state index contributed by atoms with van der Waals surface area (Å²) in [5.74, 6) is 0.287. The fraction of sp³-hybridized carbons (Fsp3) is 0.562. The summed E-state index contributed by atoms with van der Waals surface area (Å²) in [7, 11) is 0. The highest BCUT2D eigenvalue weighted by Gasteiger charge is 2.71. The van der Waals surface area contributed by atoms with Gasteiger partial charge in [0, 0.05) is 6.04 Å². The van der Waals surface area contributed by atoms with E-state index in [4.69, 9.17) is 0 Å².